The summed E-state index contributed by atoms with van der Waals surface area (Å²) in [5.74, 6) is 2.27. The van der Waals surface area contributed by atoms with Crippen LogP contribution in [0.1, 0.15) is 48.9 Å². The van der Waals surface area contributed by atoms with Gasteiger partial charge in [0.25, 0.3) is 11.6 Å². The molecule has 4 bridgehead atoms. The van der Waals surface area contributed by atoms with Crippen LogP contribution in [0.4, 0.5) is 5.69 Å². The van der Waals surface area contributed by atoms with Gasteiger partial charge in [-0.25, -0.2) is 4.98 Å². The van der Waals surface area contributed by atoms with Gasteiger partial charge in [0.15, 0.2) is 0 Å². The van der Waals surface area contributed by atoms with Crippen LogP contribution in [0.3, 0.4) is 0 Å². The van der Waals surface area contributed by atoms with Crippen LogP contribution in [0.5, 0.6) is 0 Å². The molecular formula is C21H24N4O3. The molecule has 0 saturated heterocycles. The molecule has 7 nitrogen and oxygen atoms in total. The van der Waals surface area contributed by atoms with Crippen LogP contribution in [0.25, 0.3) is 5.69 Å². The Kier molecular flexibility index (Phi) is 4.00. The Morgan fingerprint density at radius 1 is 1.21 bits per heavy atom. The SMILES string of the molecule is O=C(NCC12CC3CC(CC(C3)C1)C2)c1ccc(-n2ccnc2)c([N+](=O)[O-])c1. The molecule has 0 radical (unpaired) electrons. The number of carbonyl (C=O) groups excluding carboxylic acids is 1. The van der Waals surface area contributed by atoms with Gasteiger partial charge in [0, 0.05) is 30.6 Å². The molecule has 4 aliphatic carbocycles. The van der Waals surface area contributed by atoms with Gasteiger partial charge in [-0.1, -0.05) is 0 Å². The zero-order chi connectivity index (χ0) is 19.3. The highest BCUT2D eigenvalue weighted by molar-refractivity contribution is 5.95. The van der Waals surface area contributed by atoms with E-state index < -0.39 is 4.92 Å². The minimum atomic E-state index is -0.453. The third kappa shape index (κ3) is 2.99. The van der Waals surface area contributed by atoms with E-state index in [4.69, 9.17) is 0 Å². The van der Waals surface area contributed by atoms with Crippen molar-refractivity contribution in [2.45, 2.75) is 38.5 Å². The summed E-state index contributed by atoms with van der Waals surface area (Å²) in [6.07, 6.45) is 12.5. The number of carbonyl (C=O) groups is 1. The van der Waals surface area contributed by atoms with E-state index in [1.165, 1.54) is 50.9 Å². The molecule has 1 N–H and O–H groups in total. The molecule has 0 unspecified atom stereocenters. The fraction of sp³-hybridized carbons (Fsp3) is 0.524. The van der Waals surface area contributed by atoms with Gasteiger partial charge in [-0.05, 0) is 73.8 Å². The van der Waals surface area contributed by atoms with E-state index in [0.717, 1.165) is 17.8 Å². The van der Waals surface area contributed by atoms with Crippen LogP contribution < -0.4 is 5.32 Å². The van der Waals surface area contributed by atoms with Gasteiger partial charge in [-0.2, -0.15) is 0 Å². The van der Waals surface area contributed by atoms with Crippen LogP contribution in [0.15, 0.2) is 36.9 Å². The van der Waals surface area contributed by atoms with Crippen LogP contribution in [0.2, 0.25) is 0 Å². The summed E-state index contributed by atoms with van der Waals surface area (Å²) >= 11 is 0. The highest BCUT2D eigenvalue weighted by Gasteiger charge is 2.50. The van der Waals surface area contributed by atoms with Crippen molar-refractivity contribution in [3.63, 3.8) is 0 Å². The Morgan fingerprint density at radius 3 is 2.46 bits per heavy atom. The number of benzene rings is 1. The third-order valence-electron chi connectivity index (χ3n) is 7.01. The van der Waals surface area contributed by atoms with Crippen molar-refractivity contribution in [2.75, 3.05) is 6.54 Å². The number of hydrogen-bond acceptors (Lipinski definition) is 4. The molecule has 4 aliphatic rings. The second-order valence-corrected chi connectivity index (χ2v) is 9.03. The number of aromatic nitrogens is 2. The number of nitro benzene ring substituents is 1. The molecule has 1 heterocycles. The van der Waals surface area contributed by atoms with Gasteiger partial charge in [0.1, 0.15) is 5.69 Å². The zero-order valence-electron chi connectivity index (χ0n) is 15.7. The fourth-order valence-corrected chi connectivity index (χ4v) is 6.31. The number of amides is 1. The van der Waals surface area contributed by atoms with Crippen molar-refractivity contribution in [3.05, 3.63) is 52.6 Å². The number of imidazole rings is 1. The molecule has 4 saturated carbocycles. The van der Waals surface area contributed by atoms with Gasteiger partial charge in [0.05, 0.1) is 11.3 Å². The second-order valence-electron chi connectivity index (χ2n) is 9.03. The second kappa shape index (κ2) is 6.43. The number of nitro groups is 1. The van der Waals surface area contributed by atoms with E-state index in [9.17, 15) is 14.9 Å². The average Bonchev–Trinajstić information content (AvgIpc) is 3.19. The lowest BCUT2D eigenvalue weighted by atomic mass is 9.49. The molecule has 0 spiro atoms. The topological polar surface area (TPSA) is 90.1 Å². The minimum Gasteiger partial charge on any atom is -0.351 e. The molecule has 4 fully saturated rings. The van der Waals surface area contributed by atoms with Crippen molar-refractivity contribution in [1.29, 1.82) is 0 Å². The Balaban J connectivity index is 1.33. The normalized spacial score (nSPS) is 30.4. The van der Waals surface area contributed by atoms with Gasteiger partial charge in [-0.15, -0.1) is 0 Å². The molecule has 7 heteroatoms. The smallest absolute Gasteiger partial charge is 0.294 e. The molecule has 2 aromatic rings. The third-order valence-corrected chi connectivity index (χ3v) is 7.01. The van der Waals surface area contributed by atoms with E-state index in [1.807, 2.05) is 0 Å². The number of nitrogens with zero attached hydrogens (tertiary/aromatic N) is 3. The largest absolute Gasteiger partial charge is 0.351 e. The summed E-state index contributed by atoms with van der Waals surface area (Å²) in [5, 5.41) is 14.6. The van der Waals surface area contributed by atoms with E-state index >= 15 is 0 Å². The molecule has 6 rings (SSSR count). The first-order chi connectivity index (χ1) is 13.5. The lowest BCUT2D eigenvalue weighted by Gasteiger charge is -2.56. The van der Waals surface area contributed by atoms with Gasteiger partial charge in [0.2, 0.25) is 0 Å². The number of nitrogens with one attached hydrogen (secondary N) is 1. The Labute approximate surface area is 163 Å². The van der Waals surface area contributed by atoms with E-state index in [0.29, 0.717) is 17.8 Å². The number of hydrogen-bond donors (Lipinski definition) is 1. The Morgan fingerprint density at radius 2 is 1.89 bits per heavy atom. The Hall–Kier alpha value is -2.70. The van der Waals surface area contributed by atoms with Crippen molar-refractivity contribution >= 4 is 11.6 Å². The summed E-state index contributed by atoms with van der Waals surface area (Å²) in [6, 6.07) is 4.63. The lowest BCUT2D eigenvalue weighted by Crippen LogP contribution is -2.51. The molecular weight excluding hydrogens is 356 g/mol. The molecule has 146 valence electrons. The standard InChI is InChI=1S/C21H24N4O3/c26-20(23-12-21-9-14-5-15(10-21)7-16(6-14)11-21)17-1-2-18(19(8-17)25(27)28)24-4-3-22-13-24/h1-4,8,13-16H,5-7,9-12H2,(H,23,26). The van der Waals surface area contributed by atoms with Crippen LogP contribution in [-0.2, 0) is 0 Å². The van der Waals surface area contributed by atoms with Crippen molar-refractivity contribution in [2.24, 2.45) is 23.2 Å². The summed E-state index contributed by atoms with van der Waals surface area (Å²) in [4.78, 5) is 27.8. The Bertz CT molecular complexity index is 886. The maximum absolute atomic E-state index is 12.8. The predicted octanol–water partition coefficient (Wildman–Crippen LogP) is 3.73. The fourth-order valence-electron chi connectivity index (χ4n) is 6.31. The summed E-state index contributed by atoms with van der Waals surface area (Å²) in [6.45, 7) is 0.687. The van der Waals surface area contributed by atoms with Gasteiger partial charge >= 0.3 is 0 Å². The van der Waals surface area contributed by atoms with Gasteiger partial charge < -0.3 is 9.88 Å². The van der Waals surface area contributed by atoms with Crippen molar-refractivity contribution < 1.29 is 9.72 Å². The van der Waals surface area contributed by atoms with Crippen LogP contribution in [0, 0.1) is 33.3 Å². The first kappa shape index (κ1) is 17.4. The van der Waals surface area contributed by atoms with Crippen LogP contribution in [-0.4, -0.2) is 26.9 Å². The number of rotatable bonds is 5. The maximum atomic E-state index is 12.8. The molecule has 0 aliphatic heterocycles. The highest BCUT2D eigenvalue weighted by Crippen LogP contribution is 2.59. The van der Waals surface area contributed by atoms with Crippen molar-refractivity contribution in [3.8, 4) is 5.69 Å². The van der Waals surface area contributed by atoms with Crippen LogP contribution >= 0.6 is 0 Å². The van der Waals surface area contributed by atoms with Gasteiger partial charge in [-0.3, -0.25) is 14.9 Å². The first-order valence-electron chi connectivity index (χ1n) is 10.1. The van der Waals surface area contributed by atoms with E-state index in [-0.39, 0.29) is 17.0 Å². The lowest BCUT2D eigenvalue weighted by molar-refractivity contribution is -0.384. The molecule has 28 heavy (non-hydrogen) atoms. The molecule has 0 atom stereocenters. The first-order valence-corrected chi connectivity index (χ1v) is 10.1. The highest BCUT2D eigenvalue weighted by atomic mass is 16.6. The predicted molar refractivity (Wildman–Crippen MR) is 103 cm³/mol. The van der Waals surface area contributed by atoms with Crippen molar-refractivity contribution in [1.82, 2.24) is 14.9 Å². The summed E-state index contributed by atoms with van der Waals surface area (Å²) < 4.78 is 1.58. The molecule has 1 aromatic heterocycles. The quantitative estimate of drug-likeness (QED) is 0.632. The molecule has 1 amide bonds. The zero-order valence-corrected chi connectivity index (χ0v) is 15.7. The molecule has 1 aromatic carbocycles. The average molecular weight is 380 g/mol. The van der Waals surface area contributed by atoms with E-state index in [1.54, 1.807) is 29.1 Å². The summed E-state index contributed by atoms with van der Waals surface area (Å²) in [5.41, 5.74) is 0.883. The monoisotopic (exact) mass is 380 g/mol. The maximum Gasteiger partial charge on any atom is 0.294 e. The minimum absolute atomic E-state index is 0.0968. The van der Waals surface area contributed by atoms with E-state index in [2.05, 4.69) is 10.3 Å². The summed E-state index contributed by atoms with van der Waals surface area (Å²) in [7, 11) is 0.